The van der Waals surface area contributed by atoms with E-state index in [2.05, 4.69) is 13.8 Å². The van der Waals surface area contributed by atoms with Crippen molar-refractivity contribution in [3.8, 4) is 0 Å². The summed E-state index contributed by atoms with van der Waals surface area (Å²) in [7, 11) is 0. The Morgan fingerprint density at radius 2 is 2.25 bits per heavy atom. The lowest BCUT2D eigenvalue weighted by Crippen LogP contribution is -2.38. The van der Waals surface area contributed by atoms with Gasteiger partial charge in [0.2, 0.25) is 0 Å². The summed E-state index contributed by atoms with van der Waals surface area (Å²) in [5.74, 6) is 0.656. The molecule has 0 aromatic heterocycles. The van der Waals surface area contributed by atoms with Crippen LogP contribution in [0.5, 0.6) is 0 Å². The van der Waals surface area contributed by atoms with Crippen molar-refractivity contribution in [2.75, 3.05) is 6.61 Å². The van der Waals surface area contributed by atoms with Crippen molar-refractivity contribution in [1.82, 2.24) is 0 Å². The van der Waals surface area contributed by atoms with Crippen molar-refractivity contribution in [3.63, 3.8) is 0 Å². The average molecular weight is 172 g/mol. The fraction of sp³-hybridized carbons (Fsp3) is 1.00. The monoisotopic (exact) mass is 172 g/mol. The maximum atomic E-state index is 9.78. The van der Waals surface area contributed by atoms with Crippen molar-refractivity contribution in [3.05, 3.63) is 0 Å². The van der Waals surface area contributed by atoms with Gasteiger partial charge in [0.15, 0.2) is 0 Å². The molecular weight excluding hydrogens is 152 g/mol. The lowest BCUT2D eigenvalue weighted by molar-refractivity contribution is -0.0985. The minimum absolute atomic E-state index is 0.272. The zero-order valence-electron chi connectivity index (χ0n) is 8.34. The van der Waals surface area contributed by atoms with Gasteiger partial charge in [0, 0.05) is 13.0 Å². The lowest BCUT2D eigenvalue weighted by Gasteiger charge is -2.34. The summed E-state index contributed by atoms with van der Waals surface area (Å²) in [6.07, 6.45) is 2.91. The molecule has 1 fully saturated rings. The Balaban J connectivity index is 2.36. The predicted octanol–water partition coefficient (Wildman–Crippen LogP) is 1.96. The normalized spacial score (nSPS) is 37.2. The molecule has 2 nitrogen and oxygen atoms in total. The van der Waals surface area contributed by atoms with Crippen LogP contribution in [0.1, 0.15) is 40.0 Å². The highest BCUT2D eigenvalue weighted by Crippen LogP contribution is 2.27. The minimum atomic E-state index is -0.488. The molecule has 0 unspecified atom stereocenters. The molecule has 0 aromatic carbocycles. The Kier molecular flexibility index (Phi) is 3.13. The Morgan fingerprint density at radius 1 is 1.58 bits per heavy atom. The van der Waals surface area contributed by atoms with Gasteiger partial charge in [0.25, 0.3) is 0 Å². The van der Waals surface area contributed by atoms with Gasteiger partial charge in [-0.3, -0.25) is 0 Å². The average Bonchev–Trinajstić information content (AvgIpc) is 1.82. The second-order valence-corrected chi connectivity index (χ2v) is 4.57. The largest absolute Gasteiger partial charge is 0.390 e. The Hall–Kier alpha value is -0.0800. The lowest BCUT2D eigenvalue weighted by atomic mass is 9.89. The third-order valence-corrected chi connectivity index (χ3v) is 2.40. The van der Waals surface area contributed by atoms with Gasteiger partial charge in [-0.2, -0.15) is 0 Å². The molecule has 0 bridgehead atoms. The second-order valence-electron chi connectivity index (χ2n) is 4.57. The summed E-state index contributed by atoms with van der Waals surface area (Å²) < 4.78 is 5.56. The van der Waals surface area contributed by atoms with Crippen LogP contribution in [0.25, 0.3) is 0 Å². The Bertz CT molecular complexity index is 141. The number of aliphatic hydroxyl groups is 1. The predicted molar refractivity (Wildman–Crippen MR) is 49.1 cm³/mol. The molecule has 0 amide bonds. The number of rotatable bonds is 2. The molecule has 1 N–H and O–H groups in total. The van der Waals surface area contributed by atoms with E-state index in [0.717, 1.165) is 19.3 Å². The molecule has 72 valence electrons. The summed E-state index contributed by atoms with van der Waals surface area (Å²) in [5, 5.41) is 9.78. The summed E-state index contributed by atoms with van der Waals surface area (Å²) in [5.41, 5.74) is -0.488. The first-order valence-electron chi connectivity index (χ1n) is 4.83. The van der Waals surface area contributed by atoms with Crippen LogP contribution >= 0.6 is 0 Å². The van der Waals surface area contributed by atoms with Gasteiger partial charge in [0.1, 0.15) is 0 Å². The van der Waals surface area contributed by atoms with E-state index in [1.54, 1.807) is 0 Å². The summed E-state index contributed by atoms with van der Waals surface area (Å²) >= 11 is 0. The first-order valence-corrected chi connectivity index (χ1v) is 4.83. The molecule has 1 saturated heterocycles. The van der Waals surface area contributed by atoms with E-state index in [1.165, 1.54) is 0 Å². The van der Waals surface area contributed by atoms with Crippen molar-refractivity contribution < 1.29 is 9.84 Å². The van der Waals surface area contributed by atoms with E-state index in [9.17, 15) is 5.11 Å². The smallest absolute Gasteiger partial charge is 0.0666 e. The van der Waals surface area contributed by atoms with Crippen LogP contribution < -0.4 is 0 Å². The second kappa shape index (κ2) is 3.75. The summed E-state index contributed by atoms with van der Waals surface area (Å²) in [4.78, 5) is 0. The molecule has 0 radical (unpaired) electrons. The van der Waals surface area contributed by atoms with E-state index < -0.39 is 5.60 Å². The van der Waals surface area contributed by atoms with Crippen LogP contribution in [0, 0.1) is 5.92 Å². The third-order valence-electron chi connectivity index (χ3n) is 2.40. The fourth-order valence-corrected chi connectivity index (χ4v) is 1.77. The van der Waals surface area contributed by atoms with Crippen molar-refractivity contribution in [1.29, 1.82) is 0 Å². The number of ether oxygens (including phenoxy) is 1. The van der Waals surface area contributed by atoms with E-state index in [-0.39, 0.29) is 6.10 Å². The summed E-state index contributed by atoms with van der Waals surface area (Å²) in [6.45, 7) is 6.99. The highest BCUT2D eigenvalue weighted by molar-refractivity contribution is 4.81. The molecule has 0 saturated carbocycles. The minimum Gasteiger partial charge on any atom is -0.390 e. The van der Waals surface area contributed by atoms with E-state index in [4.69, 9.17) is 4.74 Å². The Morgan fingerprint density at radius 3 is 2.75 bits per heavy atom. The number of hydrogen-bond donors (Lipinski definition) is 1. The quantitative estimate of drug-likeness (QED) is 0.690. The van der Waals surface area contributed by atoms with Crippen molar-refractivity contribution >= 4 is 0 Å². The van der Waals surface area contributed by atoms with Gasteiger partial charge in [-0.25, -0.2) is 0 Å². The molecule has 12 heavy (non-hydrogen) atoms. The van der Waals surface area contributed by atoms with Crippen molar-refractivity contribution in [2.45, 2.75) is 51.7 Å². The fourth-order valence-electron chi connectivity index (χ4n) is 1.77. The molecule has 2 atom stereocenters. The molecule has 1 aliphatic rings. The van der Waals surface area contributed by atoms with E-state index in [0.29, 0.717) is 12.5 Å². The number of hydrogen-bond acceptors (Lipinski definition) is 2. The maximum absolute atomic E-state index is 9.78. The highest BCUT2D eigenvalue weighted by atomic mass is 16.5. The van der Waals surface area contributed by atoms with E-state index in [1.807, 2.05) is 6.92 Å². The third kappa shape index (κ3) is 3.11. The highest BCUT2D eigenvalue weighted by Gasteiger charge is 2.30. The van der Waals surface area contributed by atoms with Crippen LogP contribution in [-0.4, -0.2) is 23.4 Å². The molecule has 0 aliphatic carbocycles. The van der Waals surface area contributed by atoms with Gasteiger partial charge < -0.3 is 9.84 Å². The maximum Gasteiger partial charge on any atom is 0.0666 e. The molecule has 1 heterocycles. The van der Waals surface area contributed by atoms with Crippen LogP contribution in [0.4, 0.5) is 0 Å². The topological polar surface area (TPSA) is 29.5 Å². The first kappa shape index (κ1) is 10.0. The van der Waals surface area contributed by atoms with Gasteiger partial charge in [-0.05, 0) is 25.7 Å². The first-order chi connectivity index (χ1) is 5.49. The van der Waals surface area contributed by atoms with Gasteiger partial charge in [-0.1, -0.05) is 13.8 Å². The van der Waals surface area contributed by atoms with Gasteiger partial charge in [0.05, 0.1) is 11.7 Å². The molecule has 2 heteroatoms. The van der Waals surface area contributed by atoms with Crippen LogP contribution in [0.2, 0.25) is 0 Å². The molecule has 1 aliphatic heterocycles. The van der Waals surface area contributed by atoms with Gasteiger partial charge >= 0.3 is 0 Å². The standard InChI is InChI=1S/C10H20O2/c1-8(2)6-9-7-10(3,11)4-5-12-9/h8-9,11H,4-7H2,1-3H3/t9-,10-/m0/s1. The molecular formula is C10H20O2. The molecule has 1 rings (SSSR count). The van der Waals surface area contributed by atoms with Crippen LogP contribution in [-0.2, 0) is 4.74 Å². The van der Waals surface area contributed by atoms with Crippen molar-refractivity contribution in [2.24, 2.45) is 5.92 Å². The van der Waals surface area contributed by atoms with E-state index >= 15 is 0 Å². The Labute approximate surface area is 74.9 Å². The summed E-state index contributed by atoms with van der Waals surface area (Å²) in [6, 6.07) is 0. The molecule has 0 aromatic rings. The SMILES string of the molecule is CC(C)C[C@H]1C[C@@](C)(O)CCO1. The zero-order chi connectivity index (χ0) is 9.19. The van der Waals surface area contributed by atoms with Gasteiger partial charge in [-0.15, -0.1) is 0 Å². The van der Waals surface area contributed by atoms with Crippen LogP contribution in [0.15, 0.2) is 0 Å². The zero-order valence-corrected chi connectivity index (χ0v) is 8.34. The van der Waals surface area contributed by atoms with Crippen LogP contribution in [0.3, 0.4) is 0 Å². The molecule has 0 spiro atoms.